The zero-order chi connectivity index (χ0) is 12.8. The molecule has 0 saturated carbocycles. The van der Waals surface area contributed by atoms with Gasteiger partial charge in [-0.3, -0.25) is 4.79 Å². The van der Waals surface area contributed by atoms with Crippen molar-refractivity contribution in [1.82, 2.24) is 10.2 Å². The summed E-state index contributed by atoms with van der Waals surface area (Å²) >= 11 is 0. The van der Waals surface area contributed by atoms with Gasteiger partial charge in [-0.15, -0.1) is 0 Å². The van der Waals surface area contributed by atoms with Crippen molar-refractivity contribution < 1.29 is 9.53 Å². The number of methoxy groups -OCH3 is 1. The lowest BCUT2D eigenvalue weighted by Crippen LogP contribution is -2.46. The second kappa shape index (κ2) is 6.97. The minimum absolute atomic E-state index is 0.153. The summed E-state index contributed by atoms with van der Waals surface area (Å²) in [7, 11) is 1.45. The highest BCUT2D eigenvalue weighted by Gasteiger charge is 2.28. The minimum atomic E-state index is -0.184. The Kier molecular flexibility index (Phi) is 5.92. The number of ether oxygens (including phenoxy) is 1. The predicted octanol–water partition coefficient (Wildman–Crippen LogP) is 1.12. The third kappa shape index (κ3) is 4.28. The Morgan fingerprint density at radius 3 is 2.71 bits per heavy atom. The fourth-order valence-corrected chi connectivity index (χ4v) is 2.44. The first-order valence-electron chi connectivity index (χ1n) is 6.62. The van der Waals surface area contributed by atoms with Gasteiger partial charge >= 0.3 is 5.97 Å². The number of esters is 1. The summed E-state index contributed by atoms with van der Waals surface area (Å²) in [6.45, 7) is 10.3. The van der Waals surface area contributed by atoms with Crippen molar-refractivity contribution in [3.63, 3.8) is 0 Å². The fourth-order valence-electron chi connectivity index (χ4n) is 2.44. The maximum atomic E-state index is 11.6. The van der Waals surface area contributed by atoms with Gasteiger partial charge in [-0.2, -0.15) is 0 Å². The summed E-state index contributed by atoms with van der Waals surface area (Å²) in [6, 6.07) is -0.184. The highest BCUT2D eigenvalue weighted by Crippen LogP contribution is 2.23. The molecule has 1 saturated heterocycles. The number of carbonyl (C=O) groups excluding carboxylic acids is 1. The summed E-state index contributed by atoms with van der Waals surface area (Å²) in [4.78, 5) is 14.0. The Morgan fingerprint density at radius 2 is 2.24 bits per heavy atom. The van der Waals surface area contributed by atoms with Crippen molar-refractivity contribution in [2.45, 2.75) is 33.2 Å². The standard InChI is InChI=1S/C13H26N2O2/c1-5-14-12(13(16)17-4)9-15-7-6-11(8-15)10(2)3/h10-12,14H,5-9H2,1-4H3. The van der Waals surface area contributed by atoms with Crippen molar-refractivity contribution in [2.75, 3.05) is 33.3 Å². The molecule has 0 spiro atoms. The average molecular weight is 242 g/mol. The number of likely N-dealkylation sites (N-methyl/N-ethyl adjacent to an activating group) is 1. The van der Waals surface area contributed by atoms with Gasteiger partial charge in [0.1, 0.15) is 6.04 Å². The molecule has 1 rings (SSSR count). The van der Waals surface area contributed by atoms with Crippen LogP contribution in [0.25, 0.3) is 0 Å². The monoisotopic (exact) mass is 242 g/mol. The van der Waals surface area contributed by atoms with E-state index in [1.807, 2.05) is 6.92 Å². The first-order valence-corrected chi connectivity index (χ1v) is 6.62. The van der Waals surface area contributed by atoms with E-state index in [-0.39, 0.29) is 12.0 Å². The molecule has 2 unspecified atom stereocenters. The Bertz CT molecular complexity index is 244. The lowest BCUT2D eigenvalue weighted by Gasteiger charge is -2.23. The van der Waals surface area contributed by atoms with E-state index in [1.165, 1.54) is 13.5 Å². The highest BCUT2D eigenvalue weighted by atomic mass is 16.5. The summed E-state index contributed by atoms with van der Waals surface area (Å²) < 4.78 is 4.82. The molecule has 0 aromatic rings. The Balaban J connectivity index is 2.43. The average Bonchev–Trinajstić information content (AvgIpc) is 2.76. The zero-order valence-electron chi connectivity index (χ0n) is 11.5. The molecule has 1 aliphatic heterocycles. The summed E-state index contributed by atoms with van der Waals surface area (Å²) in [5.41, 5.74) is 0. The first kappa shape index (κ1) is 14.5. The lowest BCUT2D eigenvalue weighted by atomic mass is 9.95. The normalized spacial score (nSPS) is 23.0. The van der Waals surface area contributed by atoms with Gasteiger partial charge in [0.25, 0.3) is 0 Å². The van der Waals surface area contributed by atoms with E-state index in [2.05, 4.69) is 24.1 Å². The van der Waals surface area contributed by atoms with Crippen LogP contribution in [0.3, 0.4) is 0 Å². The third-order valence-electron chi connectivity index (χ3n) is 3.63. The van der Waals surface area contributed by atoms with E-state index in [1.54, 1.807) is 0 Å². The van der Waals surface area contributed by atoms with Gasteiger partial charge in [-0.05, 0) is 31.3 Å². The van der Waals surface area contributed by atoms with Crippen LogP contribution in [-0.2, 0) is 9.53 Å². The second-order valence-corrected chi connectivity index (χ2v) is 5.19. The number of hydrogen-bond donors (Lipinski definition) is 1. The number of nitrogens with one attached hydrogen (secondary N) is 1. The Labute approximate surface area is 105 Å². The van der Waals surface area contributed by atoms with Crippen LogP contribution in [0.1, 0.15) is 27.2 Å². The van der Waals surface area contributed by atoms with E-state index in [0.29, 0.717) is 0 Å². The summed E-state index contributed by atoms with van der Waals surface area (Å²) in [5.74, 6) is 1.35. The molecule has 1 aliphatic rings. The largest absolute Gasteiger partial charge is 0.468 e. The second-order valence-electron chi connectivity index (χ2n) is 5.19. The number of hydrogen-bond acceptors (Lipinski definition) is 4. The minimum Gasteiger partial charge on any atom is -0.468 e. The molecule has 0 amide bonds. The van der Waals surface area contributed by atoms with Gasteiger partial charge in [0, 0.05) is 13.1 Å². The van der Waals surface area contributed by atoms with Crippen LogP contribution < -0.4 is 5.32 Å². The molecule has 1 fully saturated rings. The molecule has 1 N–H and O–H groups in total. The molecular weight excluding hydrogens is 216 g/mol. The van der Waals surface area contributed by atoms with Crippen LogP contribution >= 0.6 is 0 Å². The number of carbonyl (C=O) groups is 1. The molecule has 17 heavy (non-hydrogen) atoms. The van der Waals surface area contributed by atoms with E-state index in [9.17, 15) is 4.79 Å². The third-order valence-corrected chi connectivity index (χ3v) is 3.63. The maximum Gasteiger partial charge on any atom is 0.324 e. The van der Waals surface area contributed by atoms with Crippen molar-refractivity contribution in [3.05, 3.63) is 0 Å². The van der Waals surface area contributed by atoms with Crippen LogP contribution in [0.4, 0.5) is 0 Å². The van der Waals surface area contributed by atoms with Gasteiger partial charge in [0.15, 0.2) is 0 Å². The van der Waals surface area contributed by atoms with Crippen molar-refractivity contribution in [2.24, 2.45) is 11.8 Å². The molecular formula is C13H26N2O2. The van der Waals surface area contributed by atoms with Crippen LogP contribution in [0, 0.1) is 11.8 Å². The molecule has 0 bridgehead atoms. The SMILES string of the molecule is CCNC(CN1CCC(C(C)C)C1)C(=O)OC. The van der Waals surface area contributed by atoms with Gasteiger partial charge in [-0.1, -0.05) is 20.8 Å². The number of nitrogens with zero attached hydrogens (tertiary/aromatic N) is 1. The molecule has 1 heterocycles. The number of likely N-dealkylation sites (tertiary alicyclic amines) is 1. The fraction of sp³-hybridized carbons (Fsp3) is 0.923. The first-order chi connectivity index (χ1) is 8.08. The van der Waals surface area contributed by atoms with Gasteiger partial charge < -0.3 is 15.0 Å². The molecule has 0 aromatic carbocycles. The maximum absolute atomic E-state index is 11.6. The molecule has 100 valence electrons. The predicted molar refractivity (Wildman–Crippen MR) is 68.9 cm³/mol. The van der Waals surface area contributed by atoms with Crippen molar-refractivity contribution in [1.29, 1.82) is 0 Å². The van der Waals surface area contributed by atoms with Crippen LogP contribution in [0.2, 0.25) is 0 Å². The van der Waals surface area contributed by atoms with Gasteiger partial charge in [0.2, 0.25) is 0 Å². The van der Waals surface area contributed by atoms with E-state index in [0.717, 1.165) is 38.0 Å². The zero-order valence-corrected chi connectivity index (χ0v) is 11.5. The molecule has 0 aliphatic carbocycles. The summed E-state index contributed by atoms with van der Waals surface area (Å²) in [6.07, 6.45) is 1.25. The van der Waals surface area contributed by atoms with Gasteiger partial charge in [-0.25, -0.2) is 0 Å². The van der Waals surface area contributed by atoms with Crippen molar-refractivity contribution >= 4 is 5.97 Å². The summed E-state index contributed by atoms with van der Waals surface area (Å²) in [5, 5.41) is 3.19. The van der Waals surface area contributed by atoms with E-state index < -0.39 is 0 Å². The number of rotatable bonds is 6. The lowest BCUT2D eigenvalue weighted by molar-refractivity contribution is -0.143. The quantitative estimate of drug-likeness (QED) is 0.709. The molecule has 0 aromatic heterocycles. The smallest absolute Gasteiger partial charge is 0.324 e. The van der Waals surface area contributed by atoms with E-state index in [4.69, 9.17) is 4.74 Å². The molecule has 2 atom stereocenters. The van der Waals surface area contributed by atoms with Crippen LogP contribution in [0.5, 0.6) is 0 Å². The molecule has 0 radical (unpaired) electrons. The Morgan fingerprint density at radius 1 is 1.53 bits per heavy atom. The topological polar surface area (TPSA) is 41.6 Å². The molecule has 4 heteroatoms. The van der Waals surface area contributed by atoms with E-state index >= 15 is 0 Å². The van der Waals surface area contributed by atoms with Gasteiger partial charge in [0.05, 0.1) is 7.11 Å². The molecule has 4 nitrogen and oxygen atoms in total. The van der Waals surface area contributed by atoms with Crippen LogP contribution in [0.15, 0.2) is 0 Å². The van der Waals surface area contributed by atoms with Crippen LogP contribution in [-0.4, -0.2) is 50.2 Å². The highest BCUT2D eigenvalue weighted by molar-refractivity contribution is 5.75. The van der Waals surface area contributed by atoms with Crippen molar-refractivity contribution in [3.8, 4) is 0 Å². The Hall–Kier alpha value is -0.610.